The average molecular weight is 610 g/mol. The molecule has 234 valence electrons. The Kier molecular flexibility index (Phi) is 9.98. The number of pyridine rings is 1. The normalized spacial score (nSPS) is 13.2. The first-order chi connectivity index (χ1) is 21.2. The molecule has 1 aliphatic heterocycles. The van der Waals surface area contributed by atoms with E-state index >= 15 is 0 Å². The molecule has 0 radical (unpaired) electrons. The molecule has 0 aliphatic carbocycles. The van der Waals surface area contributed by atoms with Crippen molar-refractivity contribution < 1.29 is 29.0 Å². The van der Waals surface area contributed by atoms with E-state index in [-0.39, 0.29) is 18.2 Å². The predicted octanol–water partition coefficient (Wildman–Crippen LogP) is 6.79. The smallest absolute Gasteiger partial charge is 0.420 e. The zero-order valence-electron chi connectivity index (χ0n) is 26.6. The highest BCUT2D eigenvalue weighted by molar-refractivity contribution is 5.95. The molecule has 0 spiro atoms. The molecular formula is C36H39N3O6. The molecule has 2 aromatic carbocycles. The summed E-state index contributed by atoms with van der Waals surface area (Å²) in [5.74, 6) is 6.02. The van der Waals surface area contributed by atoms with Gasteiger partial charge in [0.1, 0.15) is 17.0 Å². The second-order valence-electron chi connectivity index (χ2n) is 12.7. The molecule has 0 bridgehead atoms. The summed E-state index contributed by atoms with van der Waals surface area (Å²) in [6, 6.07) is 16.1. The Labute approximate surface area is 264 Å². The van der Waals surface area contributed by atoms with Gasteiger partial charge in [0.2, 0.25) is 0 Å². The van der Waals surface area contributed by atoms with Crippen molar-refractivity contribution in [3.8, 4) is 17.6 Å². The lowest BCUT2D eigenvalue weighted by molar-refractivity contribution is -0.000286. The van der Waals surface area contributed by atoms with E-state index in [9.17, 15) is 19.5 Å². The molecule has 2 heterocycles. The summed E-state index contributed by atoms with van der Waals surface area (Å²) in [6.45, 7) is 10.9. The first kappa shape index (κ1) is 32.8. The van der Waals surface area contributed by atoms with E-state index in [2.05, 4.69) is 16.8 Å². The number of phenolic OH excluding ortho intramolecular Hbond substituents is 1. The highest BCUT2D eigenvalue weighted by atomic mass is 16.6. The van der Waals surface area contributed by atoms with Gasteiger partial charge in [0.25, 0.3) is 5.91 Å². The molecule has 3 aromatic rings. The lowest BCUT2D eigenvalue weighted by atomic mass is 9.94. The number of phenols is 1. The number of amides is 3. The Morgan fingerprint density at radius 2 is 1.53 bits per heavy atom. The van der Waals surface area contributed by atoms with Gasteiger partial charge in [-0.05, 0) is 95.0 Å². The van der Waals surface area contributed by atoms with Crippen LogP contribution in [0.1, 0.15) is 80.6 Å². The van der Waals surface area contributed by atoms with Crippen molar-refractivity contribution in [1.29, 1.82) is 0 Å². The van der Waals surface area contributed by atoms with Gasteiger partial charge in [0, 0.05) is 36.6 Å². The van der Waals surface area contributed by atoms with Crippen LogP contribution in [-0.4, -0.2) is 62.3 Å². The van der Waals surface area contributed by atoms with Crippen molar-refractivity contribution >= 4 is 23.7 Å². The topological polar surface area (TPSA) is 109 Å². The van der Waals surface area contributed by atoms with Crippen LogP contribution in [0.25, 0.3) is 5.57 Å². The average Bonchev–Trinajstić information content (AvgIpc) is 2.98. The van der Waals surface area contributed by atoms with Gasteiger partial charge in [-0.25, -0.2) is 14.5 Å². The number of aromatic hydroxyl groups is 1. The van der Waals surface area contributed by atoms with Crippen molar-refractivity contribution in [2.24, 2.45) is 0 Å². The number of aromatic nitrogens is 1. The largest absolute Gasteiger partial charge is 0.508 e. The highest BCUT2D eigenvalue weighted by Gasteiger charge is 2.32. The third kappa shape index (κ3) is 9.44. The van der Waals surface area contributed by atoms with Gasteiger partial charge in [0.05, 0.1) is 12.1 Å². The van der Waals surface area contributed by atoms with Crippen LogP contribution >= 0.6 is 0 Å². The molecule has 45 heavy (non-hydrogen) atoms. The first-order valence-electron chi connectivity index (χ1n) is 14.7. The molecule has 1 N–H and O–H groups in total. The molecule has 9 nitrogen and oxygen atoms in total. The Balaban J connectivity index is 1.54. The summed E-state index contributed by atoms with van der Waals surface area (Å²) in [5.41, 5.74) is 2.44. The number of hydrogen-bond donors (Lipinski definition) is 1. The summed E-state index contributed by atoms with van der Waals surface area (Å²) in [7, 11) is 0. The van der Waals surface area contributed by atoms with E-state index in [4.69, 9.17) is 9.47 Å². The van der Waals surface area contributed by atoms with Crippen molar-refractivity contribution in [3.05, 3.63) is 101 Å². The molecule has 0 atom stereocenters. The number of benzene rings is 2. The van der Waals surface area contributed by atoms with Crippen molar-refractivity contribution in [1.82, 2.24) is 14.8 Å². The van der Waals surface area contributed by atoms with Crippen LogP contribution in [0, 0.1) is 11.8 Å². The van der Waals surface area contributed by atoms with E-state index in [0.717, 1.165) is 16.0 Å². The zero-order valence-corrected chi connectivity index (χ0v) is 26.6. The van der Waals surface area contributed by atoms with Crippen molar-refractivity contribution in [2.75, 3.05) is 13.1 Å². The number of ether oxygens (including phenoxy) is 2. The monoisotopic (exact) mass is 609 g/mol. The number of hydrogen-bond acceptors (Lipinski definition) is 7. The Morgan fingerprint density at radius 3 is 2.13 bits per heavy atom. The van der Waals surface area contributed by atoms with Crippen LogP contribution in [0.4, 0.5) is 9.59 Å². The summed E-state index contributed by atoms with van der Waals surface area (Å²) >= 11 is 0. The van der Waals surface area contributed by atoms with E-state index in [1.807, 2.05) is 36.4 Å². The van der Waals surface area contributed by atoms with E-state index in [0.29, 0.717) is 41.8 Å². The number of carbonyl (C=O) groups excluding carboxylic acids is 3. The number of carbonyl (C=O) groups is 3. The van der Waals surface area contributed by atoms with Crippen molar-refractivity contribution in [3.63, 3.8) is 0 Å². The van der Waals surface area contributed by atoms with E-state index < -0.39 is 23.4 Å². The van der Waals surface area contributed by atoms with Gasteiger partial charge < -0.3 is 19.5 Å². The third-order valence-corrected chi connectivity index (χ3v) is 6.60. The Morgan fingerprint density at radius 1 is 0.889 bits per heavy atom. The molecule has 1 aromatic heterocycles. The second-order valence-corrected chi connectivity index (χ2v) is 12.7. The van der Waals surface area contributed by atoms with Crippen LogP contribution in [0.2, 0.25) is 0 Å². The standard InChI is InChI=1S/C36H39N3O6/c1-35(2,3)44-33(42)39(34(43)45-36(4,5)6)24-28-14-15-30(40)21-31(28)27-16-18-38(19-17-27)32(41)29-20-26(22-37-23-29)13-12-25-10-8-7-9-11-25/h7-11,14-16,20-23,40H,17-19,24H2,1-6H3. The fourth-order valence-corrected chi connectivity index (χ4v) is 4.58. The Bertz CT molecular complexity index is 1630. The quantitative estimate of drug-likeness (QED) is 0.325. The minimum Gasteiger partial charge on any atom is -0.508 e. The molecule has 0 saturated heterocycles. The fraction of sp³-hybridized carbons (Fsp3) is 0.333. The second kappa shape index (κ2) is 13.7. The third-order valence-electron chi connectivity index (χ3n) is 6.60. The summed E-state index contributed by atoms with van der Waals surface area (Å²) in [4.78, 5) is 46.5. The van der Waals surface area contributed by atoms with Gasteiger partial charge in [-0.15, -0.1) is 0 Å². The van der Waals surface area contributed by atoms with Gasteiger partial charge in [-0.2, -0.15) is 0 Å². The maximum atomic E-state index is 13.4. The van der Waals surface area contributed by atoms with Gasteiger partial charge in [-0.3, -0.25) is 9.78 Å². The molecule has 4 rings (SSSR count). The van der Waals surface area contributed by atoms with Crippen LogP contribution < -0.4 is 0 Å². The van der Waals surface area contributed by atoms with Crippen LogP contribution in [0.15, 0.2) is 73.1 Å². The zero-order chi connectivity index (χ0) is 32.8. The Hall–Kier alpha value is -5.10. The van der Waals surface area contributed by atoms with Crippen molar-refractivity contribution in [2.45, 2.75) is 65.7 Å². The molecule has 1 aliphatic rings. The van der Waals surface area contributed by atoms with E-state index in [1.54, 1.807) is 70.8 Å². The molecular weight excluding hydrogens is 570 g/mol. The molecule has 3 amide bonds. The van der Waals surface area contributed by atoms with Crippen LogP contribution in [0.3, 0.4) is 0 Å². The molecule has 0 saturated carbocycles. The highest BCUT2D eigenvalue weighted by Crippen LogP contribution is 2.31. The minimum absolute atomic E-state index is 0.0359. The molecule has 0 unspecified atom stereocenters. The van der Waals surface area contributed by atoms with Crippen LogP contribution in [0.5, 0.6) is 5.75 Å². The van der Waals surface area contributed by atoms with Gasteiger partial charge in [0.15, 0.2) is 0 Å². The SMILES string of the molecule is CC(C)(C)OC(=O)N(Cc1ccc(O)cc1C1=CCN(C(=O)c2cncc(C#Cc3ccccc3)c2)CC1)C(=O)OC(C)(C)C. The number of nitrogens with zero attached hydrogens (tertiary/aromatic N) is 3. The summed E-state index contributed by atoms with van der Waals surface area (Å²) in [6.07, 6.45) is 3.88. The van der Waals surface area contributed by atoms with Gasteiger partial charge >= 0.3 is 12.2 Å². The maximum absolute atomic E-state index is 13.4. The lowest BCUT2D eigenvalue weighted by Gasteiger charge is -2.30. The minimum atomic E-state index is -0.838. The summed E-state index contributed by atoms with van der Waals surface area (Å²) < 4.78 is 11.0. The van der Waals surface area contributed by atoms with E-state index in [1.165, 1.54) is 12.3 Å². The maximum Gasteiger partial charge on any atom is 0.420 e. The number of imide groups is 1. The van der Waals surface area contributed by atoms with Gasteiger partial charge in [-0.1, -0.05) is 42.2 Å². The fourth-order valence-electron chi connectivity index (χ4n) is 4.58. The summed E-state index contributed by atoms with van der Waals surface area (Å²) in [5, 5.41) is 10.4. The first-order valence-corrected chi connectivity index (χ1v) is 14.7. The lowest BCUT2D eigenvalue weighted by Crippen LogP contribution is -2.43. The number of rotatable bonds is 4. The predicted molar refractivity (Wildman–Crippen MR) is 171 cm³/mol. The molecule has 0 fully saturated rings. The molecule has 9 heteroatoms. The van der Waals surface area contributed by atoms with Crippen LogP contribution in [-0.2, 0) is 16.0 Å².